The first-order valence-corrected chi connectivity index (χ1v) is 6.49. The van der Waals surface area contributed by atoms with Crippen molar-refractivity contribution in [3.63, 3.8) is 0 Å². The summed E-state index contributed by atoms with van der Waals surface area (Å²) in [7, 11) is 0. The van der Waals surface area contributed by atoms with Crippen LogP contribution in [0.1, 0.15) is 27.2 Å². The van der Waals surface area contributed by atoms with Gasteiger partial charge in [-0.15, -0.1) is 0 Å². The Kier molecular flexibility index (Phi) is 4.45. The molecule has 0 N–H and O–H groups in total. The number of nitrogens with zero attached hydrogens (tertiary/aromatic N) is 1. The van der Waals surface area contributed by atoms with Crippen LogP contribution in [0, 0.1) is 5.41 Å². The van der Waals surface area contributed by atoms with Crippen LogP contribution >= 0.6 is 11.8 Å². The fourth-order valence-corrected chi connectivity index (χ4v) is 2.44. The molecule has 0 aliphatic carbocycles. The van der Waals surface area contributed by atoms with Crippen molar-refractivity contribution in [3.05, 3.63) is 0 Å². The predicted molar refractivity (Wildman–Crippen MR) is 62.8 cm³/mol. The Balaban J connectivity index is 2.22. The minimum absolute atomic E-state index is 0.162. The molecule has 3 heteroatoms. The Morgan fingerprint density at radius 2 is 1.86 bits per heavy atom. The van der Waals surface area contributed by atoms with E-state index in [4.69, 9.17) is 0 Å². The van der Waals surface area contributed by atoms with Crippen molar-refractivity contribution in [2.24, 2.45) is 5.41 Å². The zero-order chi connectivity index (χ0) is 10.6. The van der Waals surface area contributed by atoms with E-state index in [9.17, 15) is 4.79 Å². The molecule has 0 radical (unpaired) electrons. The zero-order valence-electron chi connectivity index (χ0n) is 9.51. The lowest BCUT2D eigenvalue weighted by molar-refractivity contribution is -0.126. The van der Waals surface area contributed by atoms with Crippen LogP contribution in [0.2, 0.25) is 0 Å². The molecule has 0 aromatic rings. The summed E-state index contributed by atoms with van der Waals surface area (Å²) in [5.74, 6) is 2.84. The number of rotatable bonds is 3. The highest BCUT2D eigenvalue weighted by atomic mass is 32.2. The molecule has 0 aromatic carbocycles. The van der Waals surface area contributed by atoms with Gasteiger partial charge in [0, 0.05) is 43.0 Å². The standard InChI is InChI=1S/C11H21NOS/c1-11(2,3)10(13)4-5-12-6-8-14-9-7-12/h4-9H2,1-3H3. The van der Waals surface area contributed by atoms with Crippen molar-refractivity contribution >= 4 is 17.5 Å². The minimum Gasteiger partial charge on any atom is -0.301 e. The molecule has 0 unspecified atom stereocenters. The maximum absolute atomic E-state index is 11.7. The second kappa shape index (κ2) is 5.17. The third kappa shape index (κ3) is 4.01. The summed E-state index contributed by atoms with van der Waals surface area (Å²) in [6.45, 7) is 9.27. The van der Waals surface area contributed by atoms with Crippen molar-refractivity contribution < 1.29 is 4.79 Å². The highest BCUT2D eigenvalue weighted by Gasteiger charge is 2.21. The van der Waals surface area contributed by atoms with Crippen molar-refractivity contribution in [2.45, 2.75) is 27.2 Å². The fraction of sp³-hybridized carbons (Fsp3) is 0.909. The molecule has 0 atom stereocenters. The maximum Gasteiger partial charge on any atom is 0.139 e. The highest BCUT2D eigenvalue weighted by molar-refractivity contribution is 7.99. The molecule has 1 fully saturated rings. The van der Waals surface area contributed by atoms with Gasteiger partial charge >= 0.3 is 0 Å². The van der Waals surface area contributed by atoms with Crippen molar-refractivity contribution in [1.29, 1.82) is 0 Å². The second-order valence-electron chi connectivity index (χ2n) is 4.88. The third-order valence-corrected chi connectivity index (χ3v) is 3.54. The Morgan fingerprint density at radius 1 is 1.29 bits per heavy atom. The summed E-state index contributed by atoms with van der Waals surface area (Å²) >= 11 is 2.01. The summed E-state index contributed by atoms with van der Waals surface area (Å²) in [5, 5.41) is 0. The SMILES string of the molecule is CC(C)(C)C(=O)CCN1CCSCC1. The van der Waals surface area contributed by atoms with E-state index in [-0.39, 0.29) is 5.41 Å². The van der Waals surface area contributed by atoms with Gasteiger partial charge in [0.25, 0.3) is 0 Å². The van der Waals surface area contributed by atoms with E-state index in [0.717, 1.165) is 19.6 Å². The maximum atomic E-state index is 11.7. The van der Waals surface area contributed by atoms with Crippen LogP contribution in [0.25, 0.3) is 0 Å². The molecule has 2 nitrogen and oxygen atoms in total. The second-order valence-corrected chi connectivity index (χ2v) is 6.10. The molecule has 1 saturated heterocycles. The van der Waals surface area contributed by atoms with Crippen molar-refractivity contribution in [3.8, 4) is 0 Å². The largest absolute Gasteiger partial charge is 0.301 e. The van der Waals surface area contributed by atoms with Crippen molar-refractivity contribution in [2.75, 3.05) is 31.1 Å². The van der Waals surface area contributed by atoms with Crippen LogP contribution < -0.4 is 0 Å². The van der Waals surface area contributed by atoms with Crippen molar-refractivity contribution in [1.82, 2.24) is 4.90 Å². The van der Waals surface area contributed by atoms with Gasteiger partial charge in [-0.05, 0) is 0 Å². The Hall–Kier alpha value is -0.0200. The first-order valence-electron chi connectivity index (χ1n) is 5.33. The van der Waals surface area contributed by atoms with Crippen LogP contribution in [0.5, 0.6) is 0 Å². The van der Waals surface area contributed by atoms with Gasteiger partial charge in [-0.2, -0.15) is 11.8 Å². The summed E-state index contributed by atoms with van der Waals surface area (Å²) in [6, 6.07) is 0. The molecule has 1 heterocycles. The lowest BCUT2D eigenvalue weighted by Crippen LogP contribution is -2.35. The lowest BCUT2D eigenvalue weighted by atomic mass is 9.89. The highest BCUT2D eigenvalue weighted by Crippen LogP contribution is 2.17. The number of Topliss-reactive ketones (excluding diaryl/α,β-unsaturated/α-hetero) is 1. The molecule has 0 bridgehead atoms. The lowest BCUT2D eigenvalue weighted by Gasteiger charge is -2.27. The van der Waals surface area contributed by atoms with Crippen LogP contribution in [-0.4, -0.2) is 41.8 Å². The molecule has 0 aromatic heterocycles. The molecule has 0 amide bonds. The average Bonchev–Trinajstić information content (AvgIpc) is 2.14. The monoisotopic (exact) mass is 215 g/mol. The van der Waals surface area contributed by atoms with Gasteiger partial charge in [-0.3, -0.25) is 4.79 Å². The van der Waals surface area contributed by atoms with Crippen LogP contribution in [0.15, 0.2) is 0 Å². The fourth-order valence-electron chi connectivity index (χ4n) is 1.46. The molecular weight excluding hydrogens is 194 g/mol. The van der Waals surface area contributed by atoms with Crippen LogP contribution in [0.4, 0.5) is 0 Å². The first-order chi connectivity index (χ1) is 6.50. The summed E-state index contributed by atoms with van der Waals surface area (Å²) < 4.78 is 0. The van der Waals surface area contributed by atoms with E-state index in [2.05, 4.69) is 4.90 Å². The van der Waals surface area contributed by atoms with E-state index in [1.54, 1.807) is 0 Å². The molecule has 82 valence electrons. The molecule has 1 aliphatic rings. The summed E-state index contributed by atoms with van der Waals surface area (Å²) in [5.41, 5.74) is -0.162. The first kappa shape index (κ1) is 12.1. The van der Waals surface area contributed by atoms with E-state index in [1.807, 2.05) is 32.5 Å². The Morgan fingerprint density at radius 3 is 2.36 bits per heavy atom. The summed E-state index contributed by atoms with van der Waals surface area (Å²) in [4.78, 5) is 14.1. The van der Waals surface area contributed by atoms with Crippen LogP contribution in [0.3, 0.4) is 0 Å². The number of carbonyl (C=O) groups excluding carboxylic acids is 1. The topological polar surface area (TPSA) is 20.3 Å². The van der Waals surface area contributed by atoms with E-state index < -0.39 is 0 Å². The Labute approximate surface area is 91.4 Å². The number of thioether (sulfide) groups is 1. The van der Waals surface area contributed by atoms with Gasteiger partial charge in [0.15, 0.2) is 0 Å². The van der Waals surface area contributed by atoms with Gasteiger partial charge < -0.3 is 4.90 Å². The van der Waals surface area contributed by atoms with E-state index in [0.29, 0.717) is 12.2 Å². The zero-order valence-corrected chi connectivity index (χ0v) is 10.3. The number of ketones is 1. The number of hydrogen-bond acceptors (Lipinski definition) is 3. The van der Waals surface area contributed by atoms with E-state index in [1.165, 1.54) is 11.5 Å². The number of carbonyl (C=O) groups is 1. The normalized spacial score (nSPS) is 19.6. The molecule has 1 aliphatic heterocycles. The molecule has 0 spiro atoms. The average molecular weight is 215 g/mol. The van der Waals surface area contributed by atoms with Gasteiger partial charge in [-0.25, -0.2) is 0 Å². The smallest absolute Gasteiger partial charge is 0.139 e. The molecule has 0 saturated carbocycles. The van der Waals surface area contributed by atoms with Crippen LogP contribution in [-0.2, 0) is 4.79 Å². The molecule has 1 rings (SSSR count). The van der Waals surface area contributed by atoms with Gasteiger partial charge in [0.05, 0.1) is 0 Å². The minimum atomic E-state index is -0.162. The van der Waals surface area contributed by atoms with Gasteiger partial charge in [0.2, 0.25) is 0 Å². The number of hydrogen-bond donors (Lipinski definition) is 0. The van der Waals surface area contributed by atoms with Gasteiger partial charge in [0.1, 0.15) is 5.78 Å². The summed E-state index contributed by atoms with van der Waals surface area (Å²) in [6.07, 6.45) is 0.716. The van der Waals surface area contributed by atoms with Gasteiger partial charge in [-0.1, -0.05) is 20.8 Å². The molecule has 14 heavy (non-hydrogen) atoms. The quantitative estimate of drug-likeness (QED) is 0.718. The molecular formula is C11H21NOS. The predicted octanol–water partition coefficient (Wildman–Crippen LogP) is 2.04. The third-order valence-electron chi connectivity index (χ3n) is 2.60. The van der Waals surface area contributed by atoms with E-state index >= 15 is 0 Å². The Bertz CT molecular complexity index is 192.